The lowest BCUT2D eigenvalue weighted by Gasteiger charge is -2.11. The zero-order chi connectivity index (χ0) is 15.8. The van der Waals surface area contributed by atoms with E-state index in [0.29, 0.717) is 6.54 Å². The van der Waals surface area contributed by atoms with Crippen LogP contribution >= 0.6 is 24.0 Å². The van der Waals surface area contributed by atoms with Gasteiger partial charge in [-0.1, -0.05) is 0 Å². The summed E-state index contributed by atoms with van der Waals surface area (Å²) in [6, 6.07) is 4.17. The second-order valence-electron chi connectivity index (χ2n) is 5.36. The van der Waals surface area contributed by atoms with Gasteiger partial charge in [0.1, 0.15) is 0 Å². The van der Waals surface area contributed by atoms with E-state index >= 15 is 0 Å². The summed E-state index contributed by atoms with van der Waals surface area (Å²) in [7, 11) is 2.02. The number of hydrogen-bond donors (Lipinski definition) is 2. The summed E-state index contributed by atoms with van der Waals surface area (Å²) in [5, 5.41) is 6.67. The highest BCUT2D eigenvalue weighted by atomic mass is 127. The van der Waals surface area contributed by atoms with E-state index in [4.69, 9.17) is 0 Å². The van der Waals surface area contributed by atoms with Crippen molar-refractivity contribution in [3.8, 4) is 0 Å². The van der Waals surface area contributed by atoms with Crippen molar-refractivity contribution in [2.75, 3.05) is 13.1 Å². The molecule has 0 fully saturated rings. The Hall–Kier alpha value is -1.57. The van der Waals surface area contributed by atoms with Crippen molar-refractivity contribution in [2.24, 2.45) is 12.0 Å². The van der Waals surface area contributed by atoms with E-state index in [1.807, 2.05) is 30.2 Å². The molecule has 0 amide bonds. The van der Waals surface area contributed by atoms with Crippen LogP contribution in [-0.4, -0.2) is 28.6 Å². The van der Waals surface area contributed by atoms with E-state index in [2.05, 4.69) is 52.8 Å². The van der Waals surface area contributed by atoms with Gasteiger partial charge in [-0.25, -0.2) is 4.99 Å². The van der Waals surface area contributed by atoms with Crippen LogP contribution in [0, 0.1) is 6.92 Å². The number of aromatic nitrogens is 2. The van der Waals surface area contributed by atoms with E-state index in [9.17, 15) is 0 Å². The Labute approximate surface area is 155 Å². The normalized spacial score (nSPS) is 11.0. The maximum absolute atomic E-state index is 4.62. The summed E-state index contributed by atoms with van der Waals surface area (Å²) >= 11 is 0. The van der Waals surface area contributed by atoms with Crippen molar-refractivity contribution in [3.63, 3.8) is 0 Å². The van der Waals surface area contributed by atoms with Crippen LogP contribution in [0.15, 0.2) is 41.9 Å². The minimum absolute atomic E-state index is 0. The molecule has 2 aromatic heterocycles. The molecule has 2 aromatic rings. The smallest absolute Gasteiger partial charge is 0.191 e. The van der Waals surface area contributed by atoms with Gasteiger partial charge in [-0.15, -0.1) is 24.0 Å². The first-order valence-electron chi connectivity index (χ1n) is 7.71. The molecular formula is C17H26IN5. The molecule has 0 unspecified atom stereocenters. The van der Waals surface area contributed by atoms with Gasteiger partial charge in [0.15, 0.2) is 5.96 Å². The third-order valence-corrected chi connectivity index (χ3v) is 3.48. The summed E-state index contributed by atoms with van der Waals surface area (Å²) in [5.41, 5.74) is 3.77. The Kier molecular flexibility index (Phi) is 8.68. The molecule has 0 atom stereocenters. The molecule has 2 heterocycles. The van der Waals surface area contributed by atoms with Gasteiger partial charge in [-0.2, -0.15) is 0 Å². The monoisotopic (exact) mass is 427 g/mol. The van der Waals surface area contributed by atoms with Gasteiger partial charge in [0, 0.05) is 44.9 Å². The number of nitrogens with one attached hydrogen (secondary N) is 2. The number of aliphatic imine (C=N–C) groups is 1. The van der Waals surface area contributed by atoms with Crippen LogP contribution in [0.5, 0.6) is 0 Å². The molecule has 0 bridgehead atoms. The van der Waals surface area contributed by atoms with Crippen molar-refractivity contribution in [3.05, 3.63) is 53.6 Å². The average Bonchev–Trinajstić information content (AvgIpc) is 2.92. The zero-order valence-corrected chi connectivity index (χ0v) is 16.4. The molecule has 0 aliphatic heterocycles. The first-order valence-corrected chi connectivity index (χ1v) is 7.71. The maximum Gasteiger partial charge on any atom is 0.191 e. The lowest BCUT2D eigenvalue weighted by molar-refractivity contribution is 0.796. The summed E-state index contributed by atoms with van der Waals surface area (Å²) in [6.45, 7) is 6.56. The number of nitrogens with zero attached hydrogens (tertiary/aromatic N) is 3. The Bertz CT molecular complexity index is 621. The highest BCUT2D eigenvalue weighted by Gasteiger charge is 2.01. The van der Waals surface area contributed by atoms with Gasteiger partial charge >= 0.3 is 0 Å². The largest absolute Gasteiger partial charge is 0.357 e. The molecule has 0 saturated carbocycles. The van der Waals surface area contributed by atoms with Gasteiger partial charge in [0.25, 0.3) is 0 Å². The number of pyridine rings is 1. The van der Waals surface area contributed by atoms with E-state index < -0.39 is 0 Å². The summed E-state index contributed by atoms with van der Waals surface area (Å²) in [5.74, 6) is 0.859. The molecule has 0 radical (unpaired) electrons. The first-order chi connectivity index (χ1) is 10.7. The third kappa shape index (κ3) is 6.60. The van der Waals surface area contributed by atoms with Crippen molar-refractivity contribution in [1.29, 1.82) is 0 Å². The van der Waals surface area contributed by atoms with Crippen molar-refractivity contribution >= 4 is 29.9 Å². The van der Waals surface area contributed by atoms with Crippen LogP contribution in [0.25, 0.3) is 0 Å². The SMILES string of the molecule is CCNC(=NCc1ccn(C)c1)NCCc1ccncc1C.I. The fraction of sp³-hybridized carbons (Fsp3) is 0.412. The number of aryl methyl sites for hydroxylation is 2. The lowest BCUT2D eigenvalue weighted by Crippen LogP contribution is -2.38. The van der Waals surface area contributed by atoms with Crippen LogP contribution in [-0.2, 0) is 20.0 Å². The molecule has 0 aliphatic rings. The predicted molar refractivity (Wildman–Crippen MR) is 106 cm³/mol. The van der Waals surface area contributed by atoms with Gasteiger partial charge in [-0.3, -0.25) is 4.98 Å². The molecular weight excluding hydrogens is 401 g/mol. The summed E-state index contributed by atoms with van der Waals surface area (Å²) < 4.78 is 2.04. The molecule has 5 nitrogen and oxygen atoms in total. The van der Waals surface area contributed by atoms with E-state index in [0.717, 1.165) is 25.5 Å². The van der Waals surface area contributed by atoms with E-state index in [-0.39, 0.29) is 24.0 Å². The Balaban J connectivity index is 0.00000264. The molecule has 0 saturated heterocycles. The quantitative estimate of drug-likeness (QED) is 0.424. The molecule has 2 N–H and O–H groups in total. The highest BCUT2D eigenvalue weighted by molar-refractivity contribution is 14.0. The van der Waals surface area contributed by atoms with Gasteiger partial charge in [0.05, 0.1) is 6.54 Å². The Morgan fingerprint density at radius 1 is 1.30 bits per heavy atom. The number of rotatable bonds is 6. The molecule has 6 heteroatoms. The lowest BCUT2D eigenvalue weighted by atomic mass is 10.1. The number of halogens is 1. The standard InChI is InChI=1S/C17H25N5.HI/c1-4-19-17(21-12-15-7-10-22(3)13-15)20-9-6-16-5-8-18-11-14(16)2;/h5,7-8,10-11,13H,4,6,9,12H2,1-3H3,(H2,19,20,21);1H. The molecule has 0 aliphatic carbocycles. The van der Waals surface area contributed by atoms with Crippen molar-refractivity contribution in [2.45, 2.75) is 26.8 Å². The van der Waals surface area contributed by atoms with E-state index in [1.165, 1.54) is 16.7 Å². The van der Waals surface area contributed by atoms with E-state index in [1.54, 1.807) is 0 Å². The first kappa shape index (κ1) is 19.5. The molecule has 2 rings (SSSR count). The van der Waals surface area contributed by atoms with Gasteiger partial charge in [0.2, 0.25) is 0 Å². The maximum atomic E-state index is 4.62. The van der Waals surface area contributed by atoms with Gasteiger partial charge in [-0.05, 0) is 49.1 Å². The zero-order valence-electron chi connectivity index (χ0n) is 14.0. The topological polar surface area (TPSA) is 54.2 Å². The second-order valence-corrected chi connectivity index (χ2v) is 5.36. The summed E-state index contributed by atoms with van der Waals surface area (Å²) in [6.07, 6.45) is 8.84. The van der Waals surface area contributed by atoms with Crippen LogP contribution in [0.1, 0.15) is 23.6 Å². The molecule has 126 valence electrons. The average molecular weight is 427 g/mol. The molecule has 0 aromatic carbocycles. The van der Waals surface area contributed by atoms with Crippen molar-refractivity contribution < 1.29 is 0 Å². The van der Waals surface area contributed by atoms with Crippen molar-refractivity contribution in [1.82, 2.24) is 20.2 Å². The van der Waals surface area contributed by atoms with Crippen LogP contribution in [0.2, 0.25) is 0 Å². The van der Waals surface area contributed by atoms with Crippen LogP contribution in [0.4, 0.5) is 0 Å². The van der Waals surface area contributed by atoms with Crippen LogP contribution < -0.4 is 10.6 Å². The fourth-order valence-electron chi connectivity index (χ4n) is 2.26. The Morgan fingerprint density at radius 2 is 2.13 bits per heavy atom. The second kappa shape index (κ2) is 10.3. The highest BCUT2D eigenvalue weighted by Crippen LogP contribution is 2.05. The molecule has 0 spiro atoms. The minimum Gasteiger partial charge on any atom is -0.357 e. The predicted octanol–water partition coefficient (Wildman–Crippen LogP) is 2.64. The van der Waals surface area contributed by atoms with Crippen LogP contribution in [0.3, 0.4) is 0 Å². The fourth-order valence-corrected chi connectivity index (χ4v) is 2.26. The number of guanidine groups is 1. The third-order valence-electron chi connectivity index (χ3n) is 3.48. The Morgan fingerprint density at radius 3 is 2.78 bits per heavy atom. The number of hydrogen-bond acceptors (Lipinski definition) is 2. The van der Waals surface area contributed by atoms with Gasteiger partial charge < -0.3 is 15.2 Å². The summed E-state index contributed by atoms with van der Waals surface area (Å²) in [4.78, 5) is 8.74. The minimum atomic E-state index is 0. The molecule has 23 heavy (non-hydrogen) atoms.